The van der Waals surface area contributed by atoms with E-state index in [0.29, 0.717) is 10.7 Å². The molecule has 3 rings (SSSR count). The van der Waals surface area contributed by atoms with Crippen LogP contribution in [0.4, 0.5) is 0 Å². The first-order valence-corrected chi connectivity index (χ1v) is 8.43. The Morgan fingerprint density at radius 2 is 1.77 bits per heavy atom. The van der Waals surface area contributed by atoms with Crippen molar-refractivity contribution < 1.29 is 9.59 Å². The maximum absolute atomic E-state index is 12.5. The molecule has 0 atom stereocenters. The van der Waals surface area contributed by atoms with Gasteiger partial charge in [-0.05, 0) is 37.8 Å². The molecular formula is C16H17N3O2S. The third kappa shape index (κ3) is 3.27. The van der Waals surface area contributed by atoms with Crippen molar-refractivity contribution in [3.05, 3.63) is 35.9 Å². The fourth-order valence-corrected chi connectivity index (χ4v) is 3.31. The van der Waals surface area contributed by atoms with E-state index in [-0.39, 0.29) is 17.6 Å². The van der Waals surface area contributed by atoms with Crippen LogP contribution in [0.25, 0.3) is 0 Å². The van der Waals surface area contributed by atoms with Crippen molar-refractivity contribution in [1.82, 2.24) is 4.90 Å². The van der Waals surface area contributed by atoms with E-state index in [1.54, 1.807) is 24.3 Å². The van der Waals surface area contributed by atoms with Gasteiger partial charge < -0.3 is 0 Å². The van der Waals surface area contributed by atoms with Crippen molar-refractivity contribution in [2.45, 2.75) is 32.1 Å². The Balaban J connectivity index is 1.81. The highest BCUT2D eigenvalue weighted by molar-refractivity contribution is 8.15. The van der Waals surface area contributed by atoms with Crippen molar-refractivity contribution in [3.8, 4) is 0 Å². The van der Waals surface area contributed by atoms with Gasteiger partial charge in [0.05, 0.1) is 5.75 Å². The molecule has 2 amide bonds. The zero-order chi connectivity index (χ0) is 15.4. The maximum atomic E-state index is 12.5. The molecule has 1 aromatic rings. The number of hydrogen-bond donors (Lipinski definition) is 0. The van der Waals surface area contributed by atoms with E-state index in [1.165, 1.54) is 18.2 Å². The third-order valence-corrected chi connectivity index (χ3v) is 4.61. The third-order valence-electron chi connectivity index (χ3n) is 3.70. The lowest BCUT2D eigenvalue weighted by Crippen LogP contribution is -2.35. The highest BCUT2D eigenvalue weighted by atomic mass is 32.2. The molecule has 1 aliphatic heterocycles. The van der Waals surface area contributed by atoms with Crippen LogP contribution in [0.2, 0.25) is 0 Å². The average Bonchev–Trinajstić information content (AvgIpc) is 2.95. The summed E-state index contributed by atoms with van der Waals surface area (Å²) in [6.45, 7) is 0. The van der Waals surface area contributed by atoms with Crippen molar-refractivity contribution in [1.29, 1.82) is 0 Å². The molecule has 0 spiro atoms. The number of rotatable bonds is 2. The molecule has 0 aromatic heterocycles. The summed E-state index contributed by atoms with van der Waals surface area (Å²) in [5, 5.41) is 8.83. The molecule has 114 valence electrons. The first kappa shape index (κ1) is 15.0. The molecule has 1 saturated carbocycles. The summed E-state index contributed by atoms with van der Waals surface area (Å²) in [7, 11) is 0. The first-order chi connectivity index (χ1) is 10.8. The highest BCUT2D eigenvalue weighted by Gasteiger charge is 2.34. The van der Waals surface area contributed by atoms with Gasteiger partial charge in [0, 0.05) is 11.3 Å². The van der Waals surface area contributed by atoms with E-state index in [0.717, 1.165) is 36.3 Å². The standard InChI is InChI=1S/C16H17N3O2S/c20-14-11-22-16(18-17-13-9-5-2-6-10-13)19(14)15(21)12-7-3-1-4-8-12/h1,3-4,7-8H,2,5-6,9-11H2/b18-16+. The van der Waals surface area contributed by atoms with Crippen LogP contribution in [0.5, 0.6) is 0 Å². The molecule has 2 aliphatic rings. The van der Waals surface area contributed by atoms with Crippen LogP contribution in [-0.4, -0.2) is 33.3 Å². The molecule has 1 aliphatic carbocycles. The molecule has 1 aromatic carbocycles. The van der Waals surface area contributed by atoms with Crippen LogP contribution in [0.3, 0.4) is 0 Å². The molecule has 0 N–H and O–H groups in total. The Kier molecular flexibility index (Phi) is 4.68. The summed E-state index contributed by atoms with van der Waals surface area (Å²) < 4.78 is 0. The van der Waals surface area contributed by atoms with Gasteiger partial charge in [-0.1, -0.05) is 36.4 Å². The van der Waals surface area contributed by atoms with Crippen LogP contribution in [-0.2, 0) is 4.79 Å². The van der Waals surface area contributed by atoms with Gasteiger partial charge in [0.15, 0.2) is 5.17 Å². The minimum absolute atomic E-state index is 0.235. The fraction of sp³-hybridized carbons (Fsp3) is 0.375. The van der Waals surface area contributed by atoms with Crippen LogP contribution >= 0.6 is 11.8 Å². The number of thioether (sulfide) groups is 1. The number of amidine groups is 1. The van der Waals surface area contributed by atoms with Gasteiger partial charge >= 0.3 is 0 Å². The second-order valence-electron chi connectivity index (χ2n) is 5.30. The first-order valence-electron chi connectivity index (χ1n) is 7.44. The SMILES string of the molecule is O=C1CS/C(=N/N=C2CCCCC2)N1C(=O)c1ccccc1. The summed E-state index contributed by atoms with van der Waals surface area (Å²) in [5.41, 5.74) is 1.54. The summed E-state index contributed by atoms with van der Waals surface area (Å²) in [5.74, 6) is -0.331. The number of carbonyl (C=O) groups excluding carboxylic acids is 2. The van der Waals surface area contributed by atoms with Crippen molar-refractivity contribution in [2.24, 2.45) is 10.2 Å². The molecule has 0 unspecified atom stereocenters. The molecule has 0 bridgehead atoms. The Morgan fingerprint density at radius 3 is 2.50 bits per heavy atom. The van der Waals surface area contributed by atoms with Gasteiger partial charge in [-0.15, -0.1) is 5.10 Å². The molecule has 2 fully saturated rings. The summed E-state index contributed by atoms with van der Waals surface area (Å²) in [6, 6.07) is 8.79. The highest BCUT2D eigenvalue weighted by Crippen LogP contribution is 2.23. The number of nitrogens with zero attached hydrogens (tertiary/aromatic N) is 3. The zero-order valence-corrected chi connectivity index (χ0v) is 13.0. The molecule has 0 radical (unpaired) electrons. The number of benzene rings is 1. The predicted molar refractivity (Wildman–Crippen MR) is 88.0 cm³/mol. The molecule has 5 nitrogen and oxygen atoms in total. The largest absolute Gasteiger partial charge is 0.273 e. The number of carbonyl (C=O) groups is 2. The minimum Gasteiger partial charge on any atom is -0.273 e. The maximum Gasteiger partial charge on any atom is 0.266 e. The smallest absolute Gasteiger partial charge is 0.266 e. The van der Waals surface area contributed by atoms with E-state index in [1.807, 2.05) is 6.07 Å². The van der Waals surface area contributed by atoms with E-state index < -0.39 is 0 Å². The average molecular weight is 315 g/mol. The van der Waals surface area contributed by atoms with Crippen molar-refractivity contribution >= 4 is 34.5 Å². The van der Waals surface area contributed by atoms with E-state index in [2.05, 4.69) is 10.2 Å². The monoisotopic (exact) mass is 315 g/mol. The topological polar surface area (TPSA) is 62.1 Å². The summed E-state index contributed by atoms with van der Waals surface area (Å²) in [6.07, 6.45) is 5.44. The van der Waals surface area contributed by atoms with E-state index in [9.17, 15) is 9.59 Å². The molecule has 22 heavy (non-hydrogen) atoms. The molecular weight excluding hydrogens is 298 g/mol. The number of hydrogen-bond acceptors (Lipinski definition) is 5. The van der Waals surface area contributed by atoms with Crippen LogP contribution in [0, 0.1) is 0 Å². The van der Waals surface area contributed by atoms with Gasteiger partial charge in [0.1, 0.15) is 0 Å². The van der Waals surface area contributed by atoms with Gasteiger partial charge in [0.25, 0.3) is 5.91 Å². The van der Waals surface area contributed by atoms with E-state index >= 15 is 0 Å². The van der Waals surface area contributed by atoms with Crippen LogP contribution < -0.4 is 0 Å². The lowest BCUT2D eigenvalue weighted by atomic mass is 9.99. The number of amides is 2. The normalized spacial score (nSPS) is 20.5. The number of imide groups is 1. The Hall–Kier alpha value is -1.95. The zero-order valence-electron chi connectivity index (χ0n) is 12.2. The lowest BCUT2D eigenvalue weighted by molar-refractivity contribution is -0.122. The van der Waals surface area contributed by atoms with Gasteiger partial charge in [-0.2, -0.15) is 5.10 Å². The Bertz CT molecular complexity index is 632. The molecule has 1 heterocycles. The van der Waals surface area contributed by atoms with Gasteiger partial charge in [0.2, 0.25) is 5.91 Å². The fourth-order valence-electron chi connectivity index (χ4n) is 2.52. The second-order valence-corrected chi connectivity index (χ2v) is 6.24. The molecule has 1 saturated heterocycles. The predicted octanol–water partition coefficient (Wildman–Crippen LogP) is 3.08. The molecule has 6 heteroatoms. The minimum atomic E-state index is -0.335. The van der Waals surface area contributed by atoms with Crippen molar-refractivity contribution in [2.75, 3.05) is 5.75 Å². The quantitative estimate of drug-likeness (QED) is 0.622. The van der Waals surface area contributed by atoms with Gasteiger partial charge in [-0.3, -0.25) is 9.59 Å². The summed E-state index contributed by atoms with van der Waals surface area (Å²) >= 11 is 1.27. The Labute approximate surface area is 133 Å². The second kappa shape index (κ2) is 6.87. The van der Waals surface area contributed by atoms with Crippen LogP contribution in [0.15, 0.2) is 40.5 Å². The van der Waals surface area contributed by atoms with Gasteiger partial charge in [-0.25, -0.2) is 4.90 Å². The Morgan fingerprint density at radius 1 is 1.05 bits per heavy atom. The van der Waals surface area contributed by atoms with Crippen molar-refractivity contribution in [3.63, 3.8) is 0 Å². The van der Waals surface area contributed by atoms with E-state index in [4.69, 9.17) is 0 Å². The van der Waals surface area contributed by atoms with Crippen LogP contribution in [0.1, 0.15) is 42.5 Å². The summed E-state index contributed by atoms with van der Waals surface area (Å²) in [4.78, 5) is 25.6. The lowest BCUT2D eigenvalue weighted by Gasteiger charge is -2.14.